The summed E-state index contributed by atoms with van der Waals surface area (Å²) in [6.07, 6.45) is 5.32. The Morgan fingerprint density at radius 2 is 1.77 bits per heavy atom. The number of non-ortho nitro benzene ring substituents is 1. The van der Waals surface area contributed by atoms with Crippen LogP contribution in [0.15, 0.2) is 59.5 Å². The monoisotopic (exact) mass is 573 g/mol. The summed E-state index contributed by atoms with van der Waals surface area (Å²) in [6, 6.07) is 12.5. The molecular weight excluding hydrogens is 546 g/mol. The van der Waals surface area contributed by atoms with Gasteiger partial charge in [-0.2, -0.15) is 14.1 Å². The minimum Gasteiger partial charge on any atom is -0.483 e. The maximum absolute atomic E-state index is 13.6. The number of rotatable bonds is 8. The van der Waals surface area contributed by atoms with Crippen molar-refractivity contribution >= 4 is 33.0 Å². The normalized spacial score (nSPS) is 16.9. The Labute approximate surface area is 230 Å². The molecule has 1 saturated carbocycles. The fraction of sp³-hybridized carbons (Fsp3) is 0.385. The van der Waals surface area contributed by atoms with Crippen molar-refractivity contribution in [3.8, 4) is 11.4 Å². The highest BCUT2D eigenvalue weighted by Crippen LogP contribution is 2.31. The number of hydrogen-bond acceptors (Lipinski definition) is 8. The van der Waals surface area contributed by atoms with Crippen molar-refractivity contribution in [3.63, 3.8) is 0 Å². The number of piperazine rings is 1. The van der Waals surface area contributed by atoms with E-state index < -0.39 is 20.5 Å². The minimum absolute atomic E-state index is 0.0664. The van der Waals surface area contributed by atoms with Gasteiger partial charge < -0.3 is 9.64 Å². The minimum atomic E-state index is -3.71. The van der Waals surface area contributed by atoms with Gasteiger partial charge in [-0.1, -0.05) is 29.8 Å². The molecule has 13 heteroatoms. The SMILES string of the molecule is O=c1c(OC2CCCC2)c(N2CCN(S(=O)(=O)Cc3cccc([N+](=O)[O-])c3)CC2)cnn1-c1cccc(Cl)c1. The fourth-order valence-electron chi connectivity index (χ4n) is 5.00. The second-order valence-corrected chi connectivity index (χ2v) is 12.1. The van der Waals surface area contributed by atoms with Crippen LogP contribution in [0.25, 0.3) is 5.69 Å². The van der Waals surface area contributed by atoms with E-state index in [9.17, 15) is 23.3 Å². The summed E-state index contributed by atoms with van der Waals surface area (Å²) in [5.74, 6) is -0.133. The second-order valence-electron chi connectivity index (χ2n) is 9.65. The Morgan fingerprint density at radius 3 is 2.46 bits per heavy atom. The van der Waals surface area contributed by atoms with Crippen LogP contribution in [0.1, 0.15) is 31.2 Å². The highest BCUT2D eigenvalue weighted by atomic mass is 35.5. The van der Waals surface area contributed by atoms with Gasteiger partial charge in [0, 0.05) is 43.3 Å². The quantitative estimate of drug-likeness (QED) is 0.294. The smallest absolute Gasteiger partial charge is 0.316 e. The van der Waals surface area contributed by atoms with E-state index in [4.69, 9.17) is 16.3 Å². The summed E-state index contributed by atoms with van der Waals surface area (Å²) >= 11 is 6.13. The first-order chi connectivity index (χ1) is 18.7. The van der Waals surface area contributed by atoms with Gasteiger partial charge in [0.25, 0.3) is 5.69 Å². The van der Waals surface area contributed by atoms with Crippen LogP contribution in [-0.2, 0) is 15.8 Å². The first kappa shape index (κ1) is 27.1. The molecule has 0 amide bonds. The molecule has 206 valence electrons. The lowest BCUT2D eigenvalue weighted by Crippen LogP contribution is -2.49. The molecule has 0 unspecified atom stereocenters. The van der Waals surface area contributed by atoms with Gasteiger partial charge in [-0.05, 0) is 49.4 Å². The van der Waals surface area contributed by atoms with E-state index in [1.807, 2.05) is 4.90 Å². The maximum atomic E-state index is 13.6. The van der Waals surface area contributed by atoms with Crippen LogP contribution < -0.4 is 15.2 Å². The summed E-state index contributed by atoms with van der Waals surface area (Å²) < 4.78 is 35.1. The number of halogens is 1. The average Bonchev–Trinajstić information content (AvgIpc) is 3.43. The predicted molar refractivity (Wildman–Crippen MR) is 147 cm³/mol. The first-order valence-electron chi connectivity index (χ1n) is 12.7. The van der Waals surface area contributed by atoms with E-state index in [1.54, 1.807) is 36.5 Å². The van der Waals surface area contributed by atoms with E-state index in [2.05, 4.69) is 5.10 Å². The van der Waals surface area contributed by atoms with Gasteiger partial charge in [-0.3, -0.25) is 14.9 Å². The van der Waals surface area contributed by atoms with E-state index in [-0.39, 0.29) is 36.4 Å². The van der Waals surface area contributed by atoms with Crippen LogP contribution in [-0.4, -0.2) is 59.7 Å². The molecule has 2 aromatic carbocycles. The first-order valence-corrected chi connectivity index (χ1v) is 14.7. The fourth-order valence-corrected chi connectivity index (χ4v) is 6.69. The number of nitro benzene ring substituents is 1. The number of hydrogen-bond donors (Lipinski definition) is 0. The number of nitro groups is 1. The van der Waals surface area contributed by atoms with Gasteiger partial charge in [0.2, 0.25) is 15.8 Å². The van der Waals surface area contributed by atoms with Crippen molar-refractivity contribution in [3.05, 3.63) is 85.8 Å². The largest absolute Gasteiger partial charge is 0.483 e. The average molecular weight is 574 g/mol. The van der Waals surface area contributed by atoms with Gasteiger partial charge >= 0.3 is 5.56 Å². The summed E-state index contributed by atoms with van der Waals surface area (Å²) in [5, 5.41) is 15.9. The molecule has 3 aromatic rings. The highest BCUT2D eigenvalue weighted by molar-refractivity contribution is 7.88. The number of aromatic nitrogens is 2. The highest BCUT2D eigenvalue weighted by Gasteiger charge is 2.31. The Hall–Kier alpha value is -3.48. The van der Waals surface area contributed by atoms with Gasteiger partial charge in [0.1, 0.15) is 5.69 Å². The Balaban J connectivity index is 1.36. The molecule has 1 saturated heterocycles. The summed E-state index contributed by atoms with van der Waals surface area (Å²) in [4.78, 5) is 26.0. The predicted octanol–water partition coefficient (Wildman–Crippen LogP) is 3.77. The lowest BCUT2D eigenvalue weighted by Gasteiger charge is -2.36. The molecule has 1 aliphatic heterocycles. The van der Waals surface area contributed by atoms with Crippen LogP contribution in [0.5, 0.6) is 5.75 Å². The topological polar surface area (TPSA) is 128 Å². The van der Waals surface area contributed by atoms with Crippen molar-refractivity contribution in [2.24, 2.45) is 0 Å². The van der Waals surface area contributed by atoms with Crippen LogP contribution in [0.4, 0.5) is 11.4 Å². The van der Waals surface area contributed by atoms with Crippen LogP contribution in [0.2, 0.25) is 5.02 Å². The Bertz CT molecular complexity index is 1530. The molecule has 0 atom stereocenters. The van der Waals surface area contributed by atoms with Gasteiger partial charge in [-0.25, -0.2) is 8.42 Å². The Morgan fingerprint density at radius 1 is 1.05 bits per heavy atom. The zero-order valence-corrected chi connectivity index (χ0v) is 22.7. The standard InChI is InChI=1S/C26H28ClN5O6S/c27-20-6-4-7-21(16-20)31-26(33)25(38-23-9-1-2-10-23)24(17-28-31)29-11-13-30(14-12-29)39(36,37)18-19-5-3-8-22(15-19)32(34)35/h3-8,15-17,23H,1-2,9-14,18H2. The van der Waals surface area contributed by atoms with Gasteiger partial charge in [0.05, 0.1) is 28.7 Å². The van der Waals surface area contributed by atoms with Crippen molar-refractivity contribution in [1.82, 2.24) is 14.1 Å². The number of nitrogens with zero attached hydrogens (tertiary/aromatic N) is 5. The molecule has 0 radical (unpaired) electrons. The van der Waals surface area contributed by atoms with Crippen molar-refractivity contribution in [2.75, 3.05) is 31.1 Å². The molecule has 1 aromatic heterocycles. The van der Waals surface area contributed by atoms with E-state index in [0.717, 1.165) is 25.7 Å². The summed E-state index contributed by atoms with van der Waals surface area (Å²) in [6.45, 7) is 1.05. The van der Waals surface area contributed by atoms with Crippen molar-refractivity contribution in [2.45, 2.75) is 37.5 Å². The third-order valence-corrected chi connectivity index (χ3v) is 9.08. The zero-order chi connectivity index (χ0) is 27.6. The molecule has 0 bridgehead atoms. The van der Waals surface area contributed by atoms with Crippen molar-refractivity contribution in [1.29, 1.82) is 0 Å². The molecule has 2 fully saturated rings. The van der Waals surface area contributed by atoms with Crippen molar-refractivity contribution < 1.29 is 18.1 Å². The third-order valence-electron chi connectivity index (χ3n) is 7.00. The third kappa shape index (κ3) is 6.07. The molecule has 5 rings (SSSR count). The lowest BCUT2D eigenvalue weighted by atomic mass is 10.2. The number of ether oxygens (including phenoxy) is 1. The van der Waals surface area contributed by atoms with Crippen LogP contribution >= 0.6 is 11.6 Å². The molecule has 0 N–H and O–H groups in total. The zero-order valence-electron chi connectivity index (χ0n) is 21.1. The molecule has 11 nitrogen and oxygen atoms in total. The molecular formula is C26H28ClN5O6S. The summed E-state index contributed by atoms with van der Waals surface area (Å²) in [5.41, 5.74) is 0.853. The molecule has 0 spiro atoms. The summed E-state index contributed by atoms with van der Waals surface area (Å²) in [7, 11) is -3.71. The number of benzene rings is 2. The molecule has 2 heterocycles. The van der Waals surface area contributed by atoms with Gasteiger partial charge in [0.15, 0.2) is 0 Å². The Kier molecular flexibility index (Phi) is 7.87. The number of anilines is 1. The van der Waals surface area contributed by atoms with Gasteiger partial charge in [-0.15, -0.1) is 0 Å². The van der Waals surface area contributed by atoms with E-state index in [1.165, 1.54) is 27.2 Å². The molecule has 1 aliphatic carbocycles. The second kappa shape index (κ2) is 11.3. The molecule has 2 aliphatic rings. The lowest BCUT2D eigenvalue weighted by molar-refractivity contribution is -0.384. The van der Waals surface area contributed by atoms with Crippen LogP contribution in [0, 0.1) is 10.1 Å². The molecule has 39 heavy (non-hydrogen) atoms. The van der Waals surface area contributed by atoms with Crippen LogP contribution in [0.3, 0.4) is 0 Å². The van der Waals surface area contributed by atoms with E-state index in [0.29, 0.717) is 35.1 Å². The number of sulfonamides is 1. The van der Waals surface area contributed by atoms with E-state index >= 15 is 0 Å². The maximum Gasteiger partial charge on any atom is 0.316 e.